The second-order valence-electron chi connectivity index (χ2n) is 5.23. The first-order valence-corrected chi connectivity index (χ1v) is 8.66. The lowest BCUT2D eigenvalue weighted by Gasteiger charge is -2.09. The van der Waals surface area contributed by atoms with E-state index in [0.717, 1.165) is 0 Å². The van der Waals surface area contributed by atoms with Gasteiger partial charge in [-0.05, 0) is 25.5 Å². The number of hydrogen-bond donors (Lipinski definition) is 2. The molecule has 0 fully saturated rings. The van der Waals surface area contributed by atoms with Crippen molar-refractivity contribution < 1.29 is 14.3 Å². The lowest BCUT2D eigenvalue weighted by Crippen LogP contribution is -2.15. The first-order chi connectivity index (χ1) is 12.0. The van der Waals surface area contributed by atoms with Gasteiger partial charge in [-0.3, -0.25) is 9.59 Å². The van der Waals surface area contributed by atoms with Gasteiger partial charge in [-0.1, -0.05) is 23.9 Å². The van der Waals surface area contributed by atoms with Gasteiger partial charge < -0.3 is 15.0 Å². The van der Waals surface area contributed by atoms with E-state index in [4.69, 9.17) is 4.74 Å². The van der Waals surface area contributed by atoms with Gasteiger partial charge in [-0.2, -0.15) is 0 Å². The number of hydrogen-bond acceptors (Lipinski definition) is 6. The predicted octanol–water partition coefficient (Wildman–Crippen LogP) is 2.38. The predicted molar refractivity (Wildman–Crippen MR) is 96.0 cm³/mol. The van der Waals surface area contributed by atoms with Crippen LogP contribution in [0.25, 0.3) is 0 Å². The summed E-state index contributed by atoms with van der Waals surface area (Å²) in [7, 11) is 1.29. The highest BCUT2D eigenvalue weighted by Gasteiger charge is 2.13. The molecule has 0 aliphatic heterocycles. The quantitative estimate of drug-likeness (QED) is 0.340. The van der Waals surface area contributed by atoms with Crippen LogP contribution in [0.15, 0.2) is 40.3 Å². The van der Waals surface area contributed by atoms with E-state index in [0.29, 0.717) is 40.7 Å². The van der Waals surface area contributed by atoms with E-state index >= 15 is 0 Å². The van der Waals surface area contributed by atoms with Gasteiger partial charge in [-0.25, -0.2) is 9.78 Å². The number of para-hydroxylation sites is 1. The molecule has 1 heterocycles. The molecule has 7 nitrogen and oxygen atoms in total. The number of benzene rings is 1. The van der Waals surface area contributed by atoms with Gasteiger partial charge in [0.15, 0.2) is 5.16 Å². The summed E-state index contributed by atoms with van der Waals surface area (Å²) in [4.78, 5) is 41.9. The molecule has 0 bridgehead atoms. The van der Waals surface area contributed by atoms with E-state index in [1.54, 1.807) is 31.2 Å². The zero-order valence-electron chi connectivity index (χ0n) is 14.0. The number of carbonyl (C=O) groups excluding carboxylic acids is 2. The molecule has 1 aromatic heterocycles. The minimum Gasteiger partial charge on any atom is -0.465 e. The number of aromatic amines is 1. The van der Waals surface area contributed by atoms with Gasteiger partial charge in [0, 0.05) is 23.9 Å². The Morgan fingerprint density at radius 2 is 2.08 bits per heavy atom. The zero-order valence-corrected chi connectivity index (χ0v) is 14.8. The Bertz CT molecular complexity index is 820. The summed E-state index contributed by atoms with van der Waals surface area (Å²) in [5.41, 5.74) is 1.21. The molecule has 0 unspecified atom stereocenters. The normalized spacial score (nSPS) is 10.3. The van der Waals surface area contributed by atoms with Crippen LogP contribution in [0, 0.1) is 6.92 Å². The summed E-state index contributed by atoms with van der Waals surface area (Å²) in [6.45, 7) is 1.76. The van der Waals surface area contributed by atoms with Crippen LogP contribution in [0.2, 0.25) is 0 Å². The summed E-state index contributed by atoms with van der Waals surface area (Å²) in [6.07, 6.45) is 0.896. The molecule has 0 saturated carbocycles. The van der Waals surface area contributed by atoms with Gasteiger partial charge in [0.1, 0.15) is 0 Å². The number of ether oxygens (including phenoxy) is 1. The van der Waals surface area contributed by atoms with E-state index in [2.05, 4.69) is 15.3 Å². The largest absolute Gasteiger partial charge is 0.465 e. The maximum absolute atomic E-state index is 12.0. The van der Waals surface area contributed by atoms with Crippen molar-refractivity contribution in [3.63, 3.8) is 0 Å². The molecular formula is C17H19N3O4S. The minimum atomic E-state index is -0.499. The molecule has 2 rings (SSSR count). The van der Waals surface area contributed by atoms with Crippen molar-refractivity contribution in [3.8, 4) is 0 Å². The summed E-state index contributed by atoms with van der Waals surface area (Å²) in [5.74, 6) is -0.0538. The Hall–Kier alpha value is -2.61. The summed E-state index contributed by atoms with van der Waals surface area (Å²) in [5, 5.41) is 3.26. The van der Waals surface area contributed by atoms with Crippen LogP contribution in [0.1, 0.15) is 28.9 Å². The van der Waals surface area contributed by atoms with E-state index < -0.39 is 5.97 Å². The topological polar surface area (TPSA) is 101 Å². The molecule has 8 heteroatoms. The smallest absolute Gasteiger partial charge is 0.339 e. The number of rotatable bonds is 7. The highest BCUT2D eigenvalue weighted by atomic mass is 32.2. The summed E-state index contributed by atoms with van der Waals surface area (Å²) >= 11 is 1.39. The molecule has 0 atom stereocenters. The molecule has 0 aliphatic rings. The Morgan fingerprint density at radius 1 is 1.32 bits per heavy atom. The second kappa shape index (κ2) is 9.03. The second-order valence-corrected chi connectivity index (χ2v) is 6.31. The molecule has 1 amide bonds. The van der Waals surface area contributed by atoms with Crippen LogP contribution >= 0.6 is 11.8 Å². The van der Waals surface area contributed by atoms with Crippen LogP contribution < -0.4 is 10.9 Å². The average Bonchev–Trinajstić information content (AvgIpc) is 2.58. The Morgan fingerprint density at radius 3 is 2.80 bits per heavy atom. The number of H-pyrrole nitrogens is 1. The van der Waals surface area contributed by atoms with Crippen molar-refractivity contribution in [2.45, 2.75) is 24.9 Å². The van der Waals surface area contributed by atoms with Gasteiger partial charge in [0.25, 0.3) is 5.56 Å². The van der Waals surface area contributed by atoms with Crippen LogP contribution in [0.3, 0.4) is 0 Å². The first-order valence-electron chi connectivity index (χ1n) is 7.67. The Balaban J connectivity index is 1.83. The third kappa shape index (κ3) is 5.75. The maximum atomic E-state index is 12.0. The Labute approximate surface area is 149 Å². The lowest BCUT2D eigenvalue weighted by atomic mass is 10.1. The number of thioether (sulfide) groups is 1. The first kappa shape index (κ1) is 18.7. The number of aromatic nitrogens is 2. The number of nitrogens with zero attached hydrogens (tertiary/aromatic N) is 1. The molecule has 132 valence electrons. The molecule has 0 spiro atoms. The number of methoxy groups -OCH3 is 1. The third-order valence-corrected chi connectivity index (χ3v) is 4.20. The van der Waals surface area contributed by atoms with Gasteiger partial charge in [-0.15, -0.1) is 0 Å². The number of amides is 1. The van der Waals surface area contributed by atoms with Crippen molar-refractivity contribution in [2.24, 2.45) is 0 Å². The van der Waals surface area contributed by atoms with Gasteiger partial charge in [0.2, 0.25) is 5.91 Å². The maximum Gasteiger partial charge on any atom is 0.339 e. The highest BCUT2D eigenvalue weighted by Crippen LogP contribution is 2.17. The minimum absolute atomic E-state index is 0.188. The van der Waals surface area contributed by atoms with E-state index in [-0.39, 0.29) is 11.5 Å². The number of nitrogens with one attached hydrogen (secondary N) is 2. The molecule has 2 aromatic rings. The van der Waals surface area contributed by atoms with Crippen molar-refractivity contribution in [2.75, 3.05) is 18.2 Å². The molecule has 25 heavy (non-hydrogen) atoms. The SMILES string of the molecule is COC(=O)c1ccccc1NC(=O)CCCSc1nc(C)cc(=O)[nH]1. The zero-order chi connectivity index (χ0) is 18.2. The lowest BCUT2D eigenvalue weighted by molar-refractivity contribution is -0.116. The van der Waals surface area contributed by atoms with Crippen molar-refractivity contribution >= 4 is 29.3 Å². The summed E-state index contributed by atoms with van der Waals surface area (Å²) < 4.78 is 4.70. The standard InChI is InChI=1S/C17H19N3O4S/c1-11-10-15(22)20-17(18-11)25-9-5-8-14(21)19-13-7-4-3-6-12(13)16(23)24-2/h3-4,6-7,10H,5,8-9H2,1-2H3,(H,19,21)(H,18,20,22). The third-order valence-electron chi connectivity index (χ3n) is 3.24. The molecule has 0 aliphatic carbocycles. The molecule has 0 radical (unpaired) electrons. The number of aryl methyl sites for hydroxylation is 1. The average molecular weight is 361 g/mol. The molecular weight excluding hydrogens is 342 g/mol. The van der Waals surface area contributed by atoms with Crippen LogP contribution in [0.4, 0.5) is 5.69 Å². The fourth-order valence-corrected chi connectivity index (χ4v) is 2.98. The van der Waals surface area contributed by atoms with Crippen molar-refractivity contribution in [1.82, 2.24) is 9.97 Å². The summed E-state index contributed by atoms with van der Waals surface area (Å²) in [6, 6.07) is 8.11. The van der Waals surface area contributed by atoms with E-state index in [1.165, 1.54) is 24.9 Å². The van der Waals surface area contributed by atoms with Gasteiger partial charge >= 0.3 is 5.97 Å². The van der Waals surface area contributed by atoms with Crippen LogP contribution in [-0.2, 0) is 9.53 Å². The fourth-order valence-electron chi connectivity index (χ4n) is 2.11. The van der Waals surface area contributed by atoms with Gasteiger partial charge in [0.05, 0.1) is 18.4 Å². The number of esters is 1. The molecule has 0 saturated heterocycles. The number of carbonyl (C=O) groups is 2. The van der Waals surface area contributed by atoms with Crippen LogP contribution in [-0.4, -0.2) is 34.7 Å². The Kier molecular flexibility index (Phi) is 6.76. The highest BCUT2D eigenvalue weighted by molar-refractivity contribution is 7.99. The van der Waals surface area contributed by atoms with E-state index in [1.807, 2.05) is 0 Å². The van der Waals surface area contributed by atoms with Crippen molar-refractivity contribution in [3.05, 3.63) is 51.9 Å². The fraction of sp³-hybridized carbons (Fsp3) is 0.294. The monoisotopic (exact) mass is 361 g/mol. The number of anilines is 1. The van der Waals surface area contributed by atoms with Crippen LogP contribution in [0.5, 0.6) is 0 Å². The molecule has 2 N–H and O–H groups in total. The molecule has 1 aromatic carbocycles. The van der Waals surface area contributed by atoms with E-state index in [9.17, 15) is 14.4 Å². The van der Waals surface area contributed by atoms with Crippen molar-refractivity contribution in [1.29, 1.82) is 0 Å².